The Kier molecular flexibility index (Phi) is 5.63. The van der Waals surface area contributed by atoms with E-state index in [4.69, 9.17) is 4.74 Å². The first-order valence-corrected chi connectivity index (χ1v) is 8.73. The molecule has 30 heavy (non-hydrogen) atoms. The Labute approximate surface area is 168 Å². The SMILES string of the molecule is Cc1ccc([N+](=O)[O-])c(OCC(=O)N2c3ccccc3NC(=O)C[C@H]2C(F)(F)F)c1. The molecule has 1 aliphatic heterocycles. The van der Waals surface area contributed by atoms with Crippen LogP contribution in [0.3, 0.4) is 0 Å². The van der Waals surface area contributed by atoms with E-state index < -0.39 is 47.7 Å². The summed E-state index contributed by atoms with van der Waals surface area (Å²) < 4.78 is 46.3. The van der Waals surface area contributed by atoms with E-state index in [0.29, 0.717) is 10.5 Å². The molecule has 0 saturated heterocycles. The summed E-state index contributed by atoms with van der Waals surface area (Å²) in [6, 6.07) is 7.12. The molecule has 0 bridgehead atoms. The molecule has 0 saturated carbocycles. The van der Waals surface area contributed by atoms with Crippen LogP contribution in [-0.4, -0.2) is 35.6 Å². The van der Waals surface area contributed by atoms with Gasteiger partial charge in [0, 0.05) is 6.07 Å². The summed E-state index contributed by atoms with van der Waals surface area (Å²) in [4.78, 5) is 35.6. The number of fused-ring (bicyclic) bond motifs is 1. The van der Waals surface area contributed by atoms with Crippen LogP contribution in [0.15, 0.2) is 42.5 Å². The topological polar surface area (TPSA) is 102 Å². The molecule has 2 aromatic rings. The third-order valence-electron chi connectivity index (χ3n) is 4.44. The maximum atomic E-state index is 13.7. The Morgan fingerprint density at radius 2 is 2.00 bits per heavy atom. The summed E-state index contributed by atoms with van der Waals surface area (Å²) in [5.74, 6) is -2.23. The van der Waals surface area contributed by atoms with Crippen LogP contribution in [0.5, 0.6) is 5.75 Å². The van der Waals surface area contributed by atoms with Crippen molar-refractivity contribution in [3.63, 3.8) is 0 Å². The maximum absolute atomic E-state index is 13.7. The highest BCUT2D eigenvalue weighted by molar-refractivity contribution is 6.05. The van der Waals surface area contributed by atoms with Crippen LogP contribution in [0, 0.1) is 17.0 Å². The number of halogens is 3. The molecule has 2 aromatic carbocycles. The van der Waals surface area contributed by atoms with Gasteiger partial charge in [-0.3, -0.25) is 24.6 Å². The smallest absolute Gasteiger partial charge is 0.409 e. The number of alkyl halides is 3. The second-order valence-electron chi connectivity index (χ2n) is 6.61. The van der Waals surface area contributed by atoms with E-state index in [2.05, 4.69) is 5.32 Å². The van der Waals surface area contributed by atoms with E-state index in [1.165, 1.54) is 42.5 Å². The molecule has 8 nitrogen and oxygen atoms in total. The van der Waals surface area contributed by atoms with Gasteiger partial charge in [-0.05, 0) is 30.7 Å². The highest BCUT2D eigenvalue weighted by Crippen LogP contribution is 2.38. The van der Waals surface area contributed by atoms with Crippen molar-refractivity contribution in [2.75, 3.05) is 16.8 Å². The molecule has 1 atom stereocenters. The fourth-order valence-electron chi connectivity index (χ4n) is 3.09. The molecule has 0 radical (unpaired) electrons. The molecule has 0 aliphatic carbocycles. The van der Waals surface area contributed by atoms with Crippen molar-refractivity contribution in [2.24, 2.45) is 0 Å². The van der Waals surface area contributed by atoms with Gasteiger partial charge in [0.15, 0.2) is 12.4 Å². The lowest BCUT2D eigenvalue weighted by atomic mass is 10.1. The van der Waals surface area contributed by atoms with E-state index in [1.54, 1.807) is 6.92 Å². The predicted octanol–water partition coefficient (Wildman–Crippen LogP) is 3.59. The number of nitro groups is 1. The highest BCUT2D eigenvalue weighted by atomic mass is 19.4. The molecule has 1 N–H and O–H groups in total. The first-order chi connectivity index (χ1) is 14.1. The first kappa shape index (κ1) is 21.1. The maximum Gasteiger partial charge on any atom is 0.409 e. The van der Waals surface area contributed by atoms with Gasteiger partial charge in [-0.2, -0.15) is 13.2 Å². The number of benzene rings is 2. The van der Waals surface area contributed by atoms with E-state index >= 15 is 0 Å². The minimum atomic E-state index is -4.89. The summed E-state index contributed by atoms with van der Waals surface area (Å²) in [7, 11) is 0. The number of carbonyl (C=O) groups excluding carboxylic acids is 2. The second kappa shape index (κ2) is 8.01. The van der Waals surface area contributed by atoms with Gasteiger partial charge >= 0.3 is 11.9 Å². The van der Waals surface area contributed by atoms with Crippen molar-refractivity contribution in [2.45, 2.75) is 25.6 Å². The van der Waals surface area contributed by atoms with Gasteiger partial charge in [-0.1, -0.05) is 18.2 Å². The van der Waals surface area contributed by atoms with Crippen LogP contribution in [0.1, 0.15) is 12.0 Å². The van der Waals surface area contributed by atoms with Crippen molar-refractivity contribution in [1.29, 1.82) is 0 Å². The van der Waals surface area contributed by atoms with Crippen LogP contribution in [-0.2, 0) is 9.59 Å². The largest absolute Gasteiger partial charge is 0.477 e. The quantitative estimate of drug-likeness (QED) is 0.598. The second-order valence-corrected chi connectivity index (χ2v) is 6.61. The molecule has 2 amide bonds. The predicted molar refractivity (Wildman–Crippen MR) is 100 cm³/mol. The summed E-state index contributed by atoms with van der Waals surface area (Å²) >= 11 is 0. The molecule has 0 fully saturated rings. The van der Waals surface area contributed by atoms with Gasteiger partial charge in [-0.25, -0.2) is 0 Å². The normalized spacial score (nSPS) is 16.3. The van der Waals surface area contributed by atoms with Crippen molar-refractivity contribution in [3.05, 3.63) is 58.1 Å². The molecule has 0 spiro atoms. The molecule has 3 rings (SSSR count). The lowest BCUT2D eigenvalue weighted by Crippen LogP contribution is -2.51. The van der Waals surface area contributed by atoms with Crippen LogP contribution in [0.2, 0.25) is 0 Å². The molecular weight excluding hydrogens is 407 g/mol. The molecule has 158 valence electrons. The number of rotatable bonds is 4. The van der Waals surface area contributed by atoms with E-state index in [0.717, 1.165) is 0 Å². The fourth-order valence-corrected chi connectivity index (χ4v) is 3.09. The minimum absolute atomic E-state index is 0.0455. The third-order valence-corrected chi connectivity index (χ3v) is 4.44. The molecular formula is C19H16F3N3O5. The average molecular weight is 423 g/mol. The number of carbonyl (C=O) groups is 2. The third kappa shape index (κ3) is 4.34. The average Bonchev–Trinajstić information content (AvgIpc) is 2.81. The van der Waals surface area contributed by atoms with E-state index in [-0.39, 0.29) is 17.1 Å². The van der Waals surface area contributed by atoms with Crippen LogP contribution < -0.4 is 15.0 Å². The number of anilines is 2. The summed E-state index contributed by atoms with van der Waals surface area (Å²) in [5.41, 5.74) is 0.0853. The number of hydrogen-bond acceptors (Lipinski definition) is 5. The first-order valence-electron chi connectivity index (χ1n) is 8.73. The van der Waals surface area contributed by atoms with Gasteiger partial charge in [0.05, 0.1) is 22.7 Å². The number of ether oxygens (including phenoxy) is 1. The van der Waals surface area contributed by atoms with E-state index in [1.807, 2.05) is 0 Å². The zero-order valence-electron chi connectivity index (χ0n) is 15.6. The Balaban J connectivity index is 1.95. The van der Waals surface area contributed by atoms with Gasteiger partial charge in [0.25, 0.3) is 5.91 Å². The summed E-state index contributed by atoms with van der Waals surface area (Å²) in [5, 5.41) is 13.5. The molecule has 1 heterocycles. The van der Waals surface area contributed by atoms with Gasteiger partial charge < -0.3 is 10.1 Å². The number of nitrogens with zero attached hydrogens (tertiary/aromatic N) is 2. The Morgan fingerprint density at radius 3 is 2.67 bits per heavy atom. The Hall–Kier alpha value is -3.63. The number of aryl methyl sites for hydroxylation is 1. The lowest BCUT2D eigenvalue weighted by Gasteiger charge is -2.31. The Bertz CT molecular complexity index is 1010. The van der Waals surface area contributed by atoms with E-state index in [9.17, 15) is 32.9 Å². The van der Waals surface area contributed by atoms with Crippen molar-refractivity contribution in [1.82, 2.24) is 0 Å². The lowest BCUT2D eigenvalue weighted by molar-refractivity contribution is -0.385. The molecule has 0 unspecified atom stereocenters. The monoisotopic (exact) mass is 423 g/mol. The minimum Gasteiger partial charge on any atom is -0.477 e. The zero-order chi connectivity index (χ0) is 22.1. The molecule has 11 heteroatoms. The molecule has 1 aliphatic rings. The van der Waals surface area contributed by atoms with Crippen LogP contribution in [0.25, 0.3) is 0 Å². The number of para-hydroxylation sites is 2. The molecule has 0 aromatic heterocycles. The highest BCUT2D eigenvalue weighted by Gasteiger charge is 2.49. The van der Waals surface area contributed by atoms with Crippen molar-refractivity contribution < 1.29 is 32.4 Å². The van der Waals surface area contributed by atoms with Crippen LogP contribution in [0.4, 0.5) is 30.2 Å². The number of nitrogens with one attached hydrogen (secondary N) is 1. The number of hydrogen-bond donors (Lipinski definition) is 1. The Morgan fingerprint density at radius 1 is 1.30 bits per heavy atom. The van der Waals surface area contributed by atoms with Gasteiger partial charge in [0.2, 0.25) is 5.91 Å². The van der Waals surface area contributed by atoms with Gasteiger partial charge in [-0.15, -0.1) is 0 Å². The van der Waals surface area contributed by atoms with Gasteiger partial charge in [0.1, 0.15) is 6.04 Å². The zero-order valence-corrected chi connectivity index (χ0v) is 15.6. The number of amides is 2. The van der Waals surface area contributed by atoms with Crippen molar-refractivity contribution >= 4 is 28.9 Å². The van der Waals surface area contributed by atoms with Crippen LogP contribution >= 0.6 is 0 Å². The fraction of sp³-hybridized carbons (Fsp3) is 0.263. The number of nitro benzene ring substituents is 1. The standard InChI is InChI=1S/C19H16F3N3O5/c1-11-6-7-14(25(28)29)15(8-11)30-10-18(27)24-13-5-3-2-4-12(13)23-17(26)9-16(24)19(20,21)22/h2-8,16H,9-10H2,1H3,(H,23,26)/t16-/m0/s1. The summed E-state index contributed by atoms with van der Waals surface area (Å²) in [6.45, 7) is 0.750. The summed E-state index contributed by atoms with van der Waals surface area (Å²) in [6.07, 6.45) is -5.88. The van der Waals surface area contributed by atoms with Crippen molar-refractivity contribution in [3.8, 4) is 5.75 Å².